The molecule has 0 radical (unpaired) electrons. The zero-order chi connectivity index (χ0) is 22.0. The number of carbonyl (C=O) groups excluding carboxylic acids is 2. The second-order valence-electron chi connectivity index (χ2n) is 8.74. The van der Waals surface area contributed by atoms with Crippen molar-refractivity contribution in [1.82, 2.24) is 20.0 Å². The number of para-hydroxylation sites is 1. The molecule has 6 heteroatoms. The van der Waals surface area contributed by atoms with Gasteiger partial charge in [-0.15, -0.1) is 0 Å². The van der Waals surface area contributed by atoms with E-state index >= 15 is 0 Å². The molecule has 1 aromatic heterocycles. The molecule has 0 spiro atoms. The fourth-order valence-corrected chi connectivity index (χ4v) is 3.89. The highest BCUT2D eigenvalue weighted by molar-refractivity contribution is 6.06. The van der Waals surface area contributed by atoms with Crippen molar-refractivity contribution >= 4 is 11.9 Å². The number of nitrogens with zero attached hydrogens (tertiary/aromatic N) is 3. The number of benzene rings is 2. The monoisotopic (exact) mass is 416 g/mol. The number of urea groups is 1. The minimum absolute atomic E-state index is 0.176. The maximum Gasteiger partial charge on any atom is 0.325 e. The average Bonchev–Trinajstić information content (AvgIpc) is 3.29. The summed E-state index contributed by atoms with van der Waals surface area (Å²) in [6.45, 7) is 6.24. The number of aromatic nitrogens is 2. The van der Waals surface area contributed by atoms with E-state index in [1.807, 2.05) is 73.8 Å². The maximum absolute atomic E-state index is 13.2. The summed E-state index contributed by atoms with van der Waals surface area (Å²) in [6, 6.07) is 19.3. The third kappa shape index (κ3) is 4.24. The van der Waals surface area contributed by atoms with E-state index in [1.54, 1.807) is 4.68 Å². The van der Waals surface area contributed by atoms with Crippen LogP contribution in [-0.2, 0) is 11.3 Å². The number of rotatable bonds is 7. The van der Waals surface area contributed by atoms with Gasteiger partial charge in [-0.3, -0.25) is 9.69 Å². The molecule has 1 N–H and O–H groups in total. The van der Waals surface area contributed by atoms with E-state index in [2.05, 4.69) is 19.2 Å². The minimum Gasteiger partial charge on any atom is -0.323 e. The van der Waals surface area contributed by atoms with Crippen LogP contribution in [-0.4, -0.2) is 32.2 Å². The normalized spacial score (nSPS) is 18.6. The quantitative estimate of drug-likeness (QED) is 0.563. The lowest BCUT2D eigenvalue weighted by atomic mass is 9.92. The van der Waals surface area contributed by atoms with Crippen molar-refractivity contribution in [2.24, 2.45) is 5.92 Å². The molecule has 1 aliphatic heterocycles. The summed E-state index contributed by atoms with van der Waals surface area (Å²) in [5.41, 5.74) is 2.60. The number of hydrogen-bond donors (Lipinski definition) is 1. The molecular formula is C25H28N4O2. The lowest BCUT2D eigenvalue weighted by molar-refractivity contribution is -0.131. The van der Waals surface area contributed by atoms with Crippen LogP contribution in [0, 0.1) is 5.92 Å². The summed E-state index contributed by atoms with van der Waals surface area (Å²) in [6.07, 6.45) is 3.40. The summed E-state index contributed by atoms with van der Waals surface area (Å²) in [7, 11) is 0. The van der Waals surface area contributed by atoms with Crippen LogP contribution in [0.4, 0.5) is 4.79 Å². The van der Waals surface area contributed by atoms with E-state index in [0.29, 0.717) is 12.3 Å². The molecule has 1 aliphatic rings. The Morgan fingerprint density at radius 3 is 2.29 bits per heavy atom. The molecule has 160 valence electrons. The van der Waals surface area contributed by atoms with Gasteiger partial charge in [-0.25, -0.2) is 9.48 Å². The van der Waals surface area contributed by atoms with Crippen molar-refractivity contribution in [2.45, 2.75) is 45.7 Å². The summed E-state index contributed by atoms with van der Waals surface area (Å²) >= 11 is 0. The molecule has 0 aliphatic carbocycles. The highest BCUT2D eigenvalue weighted by atomic mass is 16.2. The molecular weight excluding hydrogens is 388 g/mol. The van der Waals surface area contributed by atoms with E-state index in [-0.39, 0.29) is 18.5 Å². The number of imide groups is 1. The molecule has 0 saturated carbocycles. The number of carbonyl (C=O) groups is 2. The molecule has 6 nitrogen and oxygen atoms in total. The molecule has 31 heavy (non-hydrogen) atoms. The summed E-state index contributed by atoms with van der Waals surface area (Å²) in [5.74, 6) is 0.286. The molecule has 0 bridgehead atoms. The first-order valence-electron chi connectivity index (χ1n) is 10.7. The summed E-state index contributed by atoms with van der Waals surface area (Å²) < 4.78 is 1.80. The van der Waals surface area contributed by atoms with Crippen LogP contribution in [0.15, 0.2) is 66.9 Å². The maximum atomic E-state index is 13.2. The Labute approximate surface area is 182 Å². The van der Waals surface area contributed by atoms with Crippen LogP contribution in [0.25, 0.3) is 16.9 Å². The van der Waals surface area contributed by atoms with Crippen molar-refractivity contribution in [1.29, 1.82) is 0 Å². The number of hydrogen-bond acceptors (Lipinski definition) is 3. The Hall–Kier alpha value is -3.41. The van der Waals surface area contributed by atoms with Crippen LogP contribution in [0.2, 0.25) is 0 Å². The van der Waals surface area contributed by atoms with Gasteiger partial charge in [0.05, 0.1) is 17.9 Å². The molecule has 4 rings (SSSR count). The van der Waals surface area contributed by atoms with Crippen molar-refractivity contribution in [3.63, 3.8) is 0 Å². The van der Waals surface area contributed by atoms with Crippen LogP contribution in [0.1, 0.15) is 39.2 Å². The van der Waals surface area contributed by atoms with Gasteiger partial charge in [-0.2, -0.15) is 5.10 Å². The van der Waals surface area contributed by atoms with Crippen LogP contribution in [0.5, 0.6) is 0 Å². The highest BCUT2D eigenvalue weighted by Gasteiger charge is 2.47. The lowest BCUT2D eigenvalue weighted by Gasteiger charge is -2.22. The van der Waals surface area contributed by atoms with Gasteiger partial charge in [0.2, 0.25) is 0 Å². The standard InChI is InChI=1S/C25H28N4O2/c1-18(2)14-15-25(3)23(30)28(24(31)26-25)16-20-17-29(21-12-8-5-9-13-21)27-22(20)19-10-6-4-7-11-19/h4-13,17-18H,14-16H2,1-3H3,(H,26,31)/t25-/m0/s1. The Bertz CT molecular complexity index is 1080. The fourth-order valence-electron chi connectivity index (χ4n) is 3.89. The number of amides is 3. The predicted molar refractivity (Wildman–Crippen MR) is 121 cm³/mol. The molecule has 3 amide bonds. The zero-order valence-corrected chi connectivity index (χ0v) is 18.2. The molecule has 0 unspecified atom stereocenters. The van der Waals surface area contributed by atoms with Gasteiger partial charge < -0.3 is 5.32 Å². The summed E-state index contributed by atoms with van der Waals surface area (Å²) in [5, 5.41) is 7.70. The van der Waals surface area contributed by atoms with Crippen molar-refractivity contribution in [3.8, 4) is 16.9 Å². The van der Waals surface area contributed by atoms with E-state index in [9.17, 15) is 9.59 Å². The van der Waals surface area contributed by atoms with E-state index in [4.69, 9.17) is 5.10 Å². The molecule has 3 aromatic rings. The van der Waals surface area contributed by atoms with Gasteiger partial charge in [-0.05, 0) is 37.8 Å². The van der Waals surface area contributed by atoms with E-state index < -0.39 is 5.54 Å². The third-order valence-electron chi connectivity index (χ3n) is 5.75. The smallest absolute Gasteiger partial charge is 0.323 e. The third-order valence-corrected chi connectivity index (χ3v) is 5.75. The zero-order valence-electron chi connectivity index (χ0n) is 18.2. The van der Waals surface area contributed by atoms with Gasteiger partial charge in [0, 0.05) is 17.3 Å². The average molecular weight is 417 g/mol. The Kier molecular flexibility index (Phi) is 5.63. The molecule has 2 heterocycles. The van der Waals surface area contributed by atoms with Gasteiger partial charge >= 0.3 is 6.03 Å². The first kappa shape index (κ1) is 20.8. The van der Waals surface area contributed by atoms with Gasteiger partial charge in [-0.1, -0.05) is 62.4 Å². The topological polar surface area (TPSA) is 67.2 Å². The van der Waals surface area contributed by atoms with Gasteiger partial charge in [0.25, 0.3) is 5.91 Å². The van der Waals surface area contributed by atoms with Crippen molar-refractivity contribution in [2.75, 3.05) is 0 Å². The highest BCUT2D eigenvalue weighted by Crippen LogP contribution is 2.29. The van der Waals surface area contributed by atoms with Crippen LogP contribution >= 0.6 is 0 Å². The number of nitrogens with one attached hydrogen (secondary N) is 1. The van der Waals surface area contributed by atoms with Crippen LogP contribution < -0.4 is 5.32 Å². The second kappa shape index (κ2) is 8.38. The molecule has 2 aromatic carbocycles. The van der Waals surface area contributed by atoms with Crippen LogP contribution in [0.3, 0.4) is 0 Å². The van der Waals surface area contributed by atoms with Crippen molar-refractivity contribution in [3.05, 3.63) is 72.4 Å². The second-order valence-corrected chi connectivity index (χ2v) is 8.74. The van der Waals surface area contributed by atoms with E-state index in [0.717, 1.165) is 28.9 Å². The first-order valence-corrected chi connectivity index (χ1v) is 10.7. The predicted octanol–water partition coefficient (Wildman–Crippen LogP) is 4.79. The van der Waals surface area contributed by atoms with Gasteiger partial charge in [0.1, 0.15) is 5.54 Å². The fraction of sp³-hybridized carbons (Fsp3) is 0.320. The first-order chi connectivity index (χ1) is 14.9. The molecule has 1 atom stereocenters. The Balaban J connectivity index is 1.67. The Morgan fingerprint density at radius 2 is 1.65 bits per heavy atom. The Morgan fingerprint density at radius 1 is 1.00 bits per heavy atom. The minimum atomic E-state index is -0.857. The largest absolute Gasteiger partial charge is 0.325 e. The van der Waals surface area contributed by atoms with E-state index in [1.165, 1.54) is 4.90 Å². The summed E-state index contributed by atoms with van der Waals surface area (Å²) in [4.78, 5) is 27.3. The SMILES string of the molecule is CC(C)CC[C@]1(C)NC(=O)N(Cc2cn(-c3ccccc3)nc2-c2ccccc2)C1=O. The molecule has 1 fully saturated rings. The van der Waals surface area contributed by atoms with Gasteiger partial charge in [0.15, 0.2) is 0 Å². The van der Waals surface area contributed by atoms with Crippen molar-refractivity contribution < 1.29 is 9.59 Å². The molecule has 1 saturated heterocycles. The lowest BCUT2D eigenvalue weighted by Crippen LogP contribution is -2.44.